The van der Waals surface area contributed by atoms with Gasteiger partial charge in [-0.25, -0.2) is 19.4 Å². The van der Waals surface area contributed by atoms with Gasteiger partial charge < -0.3 is 20.3 Å². The summed E-state index contributed by atoms with van der Waals surface area (Å²) < 4.78 is 7.39. The number of nitrogens with one attached hydrogen (secondary N) is 1. The van der Waals surface area contributed by atoms with Crippen molar-refractivity contribution >= 4 is 23.5 Å². The number of carbonyl (C=O) groups excluding carboxylic acids is 1. The summed E-state index contributed by atoms with van der Waals surface area (Å²) in [7, 11) is 0. The minimum absolute atomic E-state index is 0.177. The molecule has 1 amide bonds. The van der Waals surface area contributed by atoms with E-state index in [0.717, 1.165) is 6.42 Å². The van der Waals surface area contributed by atoms with E-state index in [2.05, 4.69) is 40.3 Å². The number of aromatic nitrogens is 4. The van der Waals surface area contributed by atoms with Crippen molar-refractivity contribution in [1.82, 2.24) is 19.7 Å². The predicted molar refractivity (Wildman–Crippen MR) is 151 cm³/mol. The van der Waals surface area contributed by atoms with E-state index < -0.39 is 17.1 Å². The SMILES string of the molecule is CC(C)CCn1nc(CO)cc1Nc1nccc(-c2cc(C#N)c3c(c2)[C@@](C)(CO)CN3C(=O)OC(C)(C)C)n1. The van der Waals surface area contributed by atoms with Gasteiger partial charge in [-0.2, -0.15) is 10.4 Å². The highest BCUT2D eigenvalue weighted by Crippen LogP contribution is 2.45. The van der Waals surface area contributed by atoms with Crippen LogP contribution in [0.3, 0.4) is 0 Å². The molecule has 0 aliphatic carbocycles. The van der Waals surface area contributed by atoms with Gasteiger partial charge in [0.2, 0.25) is 5.95 Å². The zero-order chi connectivity index (χ0) is 29.2. The van der Waals surface area contributed by atoms with E-state index >= 15 is 0 Å². The molecule has 0 saturated carbocycles. The van der Waals surface area contributed by atoms with E-state index in [4.69, 9.17) is 4.74 Å². The molecule has 0 saturated heterocycles. The number of rotatable bonds is 8. The van der Waals surface area contributed by atoms with Crippen LogP contribution in [0.5, 0.6) is 0 Å². The van der Waals surface area contributed by atoms with Crippen LogP contribution in [0.25, 0.3) is 11.3 Å². The van der Waals surface area contributed by atoms with Gasteiger partial charge in [-0.15, -0.1) is 0 Å². The van der Waals surface area contributed by atoms with Gasteiger partial charge in [-0.05, 0) is 56.9 Å². The van der Waals surface area contributed by atoms with Crippen molar-refractivity contribution in [3.63, 3.8) is 0 Å². The number of aliphatic hydroxyl groups excluding tert-OH is 2. The summed E-state index contributed by atoms with van der Waals surface area (Å²) in [6.07, 6.45) is 1.96. The molecule has 3 N–H and O–H groups in total. The maximum absolute atomic E-state index is 13.1. The fraction of sp³-hybridized carbons (Fsp3) is 0.483. The number of ether oxygens (including phenoxy) is 1. The molecule has 3 heterocycles. The van der Waals surface area contributed by atoms with Gasteiger partial charge in [0.15, 0.2) is 0 Å². The van der Waals surface area contributed by atoms with Gasteiger partial charge in [-0.1, -0.05) is 20.8 Å². The quantitative estimate of drug-likeness (QED) is 0.370. The highest BCUT2D eigenvalue weighted by atomic mass is 16.6. The monoisotopic (exact) mass is 547 g/mol. The van der Waals surface area contributed by atoms with Crippen LogP contribution in [0.15, 0.2) is 30.5 Å². The third-order valence-electron chi connectivity index (χ3n) is 6.72. The highest BCUT2D eigenvalue weighted by molar-refractivity contribution is 5.95. The smallest absolute Gasteiger partial charge is 0.414 e. The van der Waals surface area contributed by atoms with E-state index in [-0.39, 0.29) is 25.3 Å². The Morgan fingerprint density at radius 2 is 2.02 bits per heavy atom. The molecule has 0 radical (unpaired) electrons. The number of amides is 1. The Morgan fingerprint density at radius 3 is 2.65 bits per heavy atom. The standard InChI is InChI=1S/C29H37N7O4/c1-18(2)8-10-36-24(13-21(15-37)34-36)33-26-31-9-7-23(32-26)19-11-20(14-30)25-22(12-19)29(6,17-38)16-35(25)27(39)40-28(3,4)5/h7,9,11-13,18,37-38H,8,10,15-17H2,1-6H3,(H,31,32,33)/t29-/m1/s1. The van der Waals surface area contributed by atoms with Crippen LogP contribution >= 0.6 is 0 Å². The van der Waals surface area contributed by atoms with E-state index in [1.54, 1.807) is 49.8 Å². The fourth-order valence-corrected chi connectivity index (χ4v) is 4.63. The van der Waals surface area contributed by atoms with Crippen LogP contribution in [-0.2, 0) is 23.3 Å². The molecule has 0 spiro atoms. The van der Waals surface area contributed by atoms with Gasteiger partial charge >= 0.3 is 6.09 Å². The molecule has 1 aliphatic rings. The first-order chi connectivity index (χ1) is 18.9. The maximum Gasteiger partial charge on any atom is 0.414 e. The summed E-state index contributed by atoms with van der Waals surface area (Å²) in [6.45, 7) is 11.9. The van der Waals surface area contributed by atoms with Crippen molar-refractivity contribution in [2.45, 2.75) is 72.1 Å². The fourth-order valence-electron chi connectivity index (χ4n) is 4.63. The minimum atomic E-state index is -0.800. The van der Waals surface area contributed by atoms with Crippen molar-refractivity contribution < 1.29 is 19.7 Å². The van der Waals surface area contributed by atoms with Crippen molar-refractivity contribution in [2.24, 2.45) is 5.92 Å². The number of hydrogen-bond acceptors (Lipinski definition) is 9. The Morgan fingerprint density at radius 1 is 1.27 bits per heavy atom. The zero-order valence-electron chi connectivity index (χ0n) is 23.9. The van der Waals surface area contributed by atoms with Crippen LogP contribution in [0.2, 0.25) is 0 Å². The summed E-state index contributed by atoms with van der Waals surface area (Å²) in [5.41, 5.74) is 1.62. The van der Waals surface area contributed by atoms with Crippen LogP contribution in [0, 0.1) is 17.2 Å². The number of aliphatic hydroxyl groups is 2. The number of aryl methyl sites for hydroxylation is 1. The molecule has 40 heavy (non-hydrogen) atoms. The van der Waals surface area contributed by atoms with Crippen LogP contribution in [-0.4, -0.2) is 54.8 Å². The molecule has 11 heteroatoms. The molecule has 0 unspecified atom stereocenters. The molecule has 1 aromatic carbocycles. The summed E-state index contributed by atoms with van der Waals surface area (Å²) in [4.78, 5) is 23.5. The lowest BCUT2D eigenvalue weighted by atomic mass is 9.83. The first kappa shape index (κ1) is 29.0. The largest absolute Gasteiger partial charge is 0.443 e. The zero-order valence-corrected chi connectivity index (χ0v) is 23.9. The van der Waals surface area contributed by atoms with Crippen LogP contribution in [0.4, 0.5) is 22.2 Å². The molecule has 11 nitrogen and oxygen atoms in total. The van der Waals surface area contributed by atoms with Crippen molar-refractivity contribution in [3.05, 3.63) is 47.3 Å². The molecule has 212 valence electrons. The molecular weight excluding hydrogens is 510 g/mol. The van der Waals surface area contributed by atoms with Gasteiger partial charge in [0, 0.05) is 36.3 Å². The van der Waals surface area contributed by atoms with Crippen LogP contribution in [0.1, 0.15) is 64.8 Å². The molecule has 4 rings (SSSR count). The normalized spacial score (nSPS) is 16.6. The highest BCUT2D eigenvalue weighted by Gasteiger charge is 2.44. The first-order valence-electron chi connectivity index (χ1n) is 13.4. The number of fused-ring (bicyclic) bond motifs is 1. The van der Waals surface area contributed by atoms with E-state index in [1.807, 2.05) is 13.0 Å². The van der Waals surface area contributed by atoms with Gasteiger partial charge in [-0.3, -0.25) is 4.90 Å². The summed E-state index contributed by atoms with van der Waals surface area (Å²) in [5.74, 6) is 1.47. The molecule has 1 aliphatic heterocycles. The van der Waals surface area contributed by atoms with Crippen molar-refractivity contribution in [1.29, 1.82) is 5.26 Å². The average molecular weight is 548 g/mol. The lowest BCUT2D eigenvalue weighted by Crippen LogP contribution is -2.40. The second kappa shape index (κ2) is 11.2. The topological polar surface area (TPSA) is 149 Å². The average Bonchev–Trinajstić information content (AvgIpc) is 3.44. The minimum Gasteiger partial charge on any atom is -0.443 e. The number of nitrogens with zero attached hydrogens (tertiary/aromatic N) is 6. The van der Waals surface area contributed by atoms with Crippen molar-refractivity contribution in [2.75, 3.05) is 23.4 Å². The van der Waals surface area contributed by atoms with E-state index in [9.17, 15) is 20.3 Å². The number of carbonyl (C=O) groups is 1. The number of benzene rings is 1. The molecule has 0 fully saturated rings. The first-order valence-corrected chi connectivity index (χ1v) is 13.4. The number of nitriles is 1. The summed E-state index contributed by atoms with van der Waals surface area (Å²) in [5, 5.41) is 37.7. The molecular formula is C29H37N7O4. The molecule has 1 atom stereocenters. The number of hydrogen-bond donors (Lipinski definition) is 3. The Labute approximate surface area is 234 Å². The number of anilines is 3. The van der Waals surface area contributed by atoms with Crippen molar-refractivity contribution in [3.8, 4) is 17.3 Å². The third kappa shape index (κ3) is 6.08. The Hall–Kier alpha value is -4.01. The molecule has 0 bridgehead atoms. The summed E-state index contributed by atoms with van der Waals surface area (Å²) in [6, 6.07) is 9.26. The predicted octanol–water partition coefficient (Wildman–Crippen LogP) is 4.50. The maximum atomic E-state index is 13.1. The summed E-state index contributed by atoms with van der Waals surface area (Å²) >= 11 is 0. The van der Waals surface area contributed by atoms with Gasteiger partial charge in [0.1, 0.15) is 17.5 Å². The Kier molecular flexibility index (Phi) is 8.14. The Bertz CT molecular complexity index is 1440. The second-order valence-corrected chi connectivity index (χ2v) is 11.8. The third-order valence-corrected chi connectivity index (χ3v) is 6.72. The van der Waals surface area contributed by atoms with Gasteiger partial charge in [0.25, 0.3) is 0 Å². The van der Waals surface area contributed by atoms with E-state index in [0.29, 0.717) is 52.4 Å². The lowest BCUT2D eigenvalue weighted by molar-refractivity contribution is 0.0575. The molecule has 2 aromatic heterocycles. The lowest BCUT2D eigenvalue weighted by Gasteiger charge is -2.26. The van der Waals surface area contributed by atoms with Gasteiger partial charge in [0.05, 0.1) is 35.9 Å². The Balaban J connectivity index is 1.71. The second-order valence-electron chi connectivity index (χ2n) is 11.8. The van der Waals surface area contributed by atoms with Crippen LogP contribution < -0.4 is 10.2 Å². The molecule has 3 aromatic rings. The van der Waals surface area contributed by atoms with E-state index in [1.165, 1.54) is 4.90 Å².